The molecule has 0 atom stereocenters. The molecule has 0 unspecified atom stereocenters. The van der Waals surface area contributed by atoms with Crippen molar-refractivity contribution in [1.82, 2.24) is 4.90 Å². The monoisotopic (exact) mass is 355 g/mol. The number of hydrogen-bond acceptors (Lipinski definition) is 8. The van der Waals surface area contributed by atoms with Crippen LogP contribution >= 0.6 is 35.0 Å². The maximum absolute atomic E-state index is 5.93. The van der Waals surface area contributed by atoms with Crippen LogP contribution in [0, 0.1) is 0 Å². The largest absolute Gasteiger partial charge is 0.245 e. The Morgan fingerprint density at radius 2 is 1.36 bits per heavy atom. The van der Waals surface area contributed by atoms with E-state index in [1.165, 1.54) is 32.1 Å². The molecular formula is C12H11Cl2N7S. The Morgan fingerprint density at radius 3 is 2.05 bits per heavy atom. The minimum absolute atomic E-state index is 0.0726. The number of aliphatic imine (C=N–C) groups is 6. The SMILES string of the molecule is ClC1=NC2=NC(Cl)=NC3=NC(SC4CCCCC4)=NC(=N1)N23. The number of rotatable bonds is 1. The molecule has 7 nitrogen and oxygen atoms in total. The molecule has 1 fully saturated rings. The summed E-state index contributed by atoms with van der Waals surface area (Å²) in [5, 5.41) is 1.32. The summed E-state index contributed by atoms with van der Waals surface area (Å²) < 4.78 is 0. The molecule has 10 heteroatoms. The van der Waals surface area contributed by atoms with Crippen molar-refractivity contribution in [2.75, 3.05) is 0 Å². The molecule has 4 rings (SSSR count). The predicted molar refractivity (Wildman–Crippen MR) is 92.6 cm³/mol. The lowest BCUT2D eigenvalue weighted by atomic mass is 10.0. The van der Waals surface area contributed by atoms with E-state index in [1.54, 1.807) is 16.7 Å². The summed E-state index contributed by atoms with van der Waals surface area (Å²) in [5.41, 5.74) is 0. The molecule has 1 saturated carbocycles. The molecule has 114 valence electrons. The van der Waals surface area contributed by atoms with E-state index in [9.17, 15) is 0 Å². The third-order valence-electron chi connectivity index (χ3n) is 3.58. The number of thioether (sulfide) groups is 1. The second kappa shape index (κ2) is 5.75. The molecule has 0 saturated heterocycles. The van der Waals surface area contributed by atoms with Crippen LogP contribution in [0.5, 0.6) is 0 Å². The summed E-state index contributed by atoms with van der Waals surface area (Å²) in [4.78, 5) is 26.8. The van der Waals surface area contributed by atoms with Crippen LogP contribution < -0.4 is 0 Å². The first-order valence-electron chi connectivity index (χ1n) is 6.99. The third-order valence-corrected chi connectivity index (χ3v) is 5.12. The van der Waals surface area contributed by atoms with Gasteiger partial charge in [0, 0.05) is 5.25 Å². The Kier molecular flexibility index (Phi) is 3.75. The topological polar surface area (TPSA) is 77.4 Å². The zero-order chi connectivity index (χ0) is 15.1. The van der Waals surface area contributed by atoms with E-state index >= 15 is 0 Å². The highest BCUT2D eigenvalue weighted by Gasteiger charge is 2.34. The summed E-state index contributed by atoms with van der Waals surface area (Å²) in [5.74, 6) is 1.06. The van der Waals surface area contributed by atoms with E-state index < -0.39 is 0 Å². The van der Waals surface area contributed by atoms with Crippen molar-refractivity contribution in [3.8, 4) is 0 Å². The molecule has 22 heavy (non-hydrogen) atoms. The lowest BCUT2D eigenvalue weighted by Crippen LogP contribution is -2.46. The molecule has 0 bridgehead atoms. The van der Waals surface area contributed by atoms with Gasteiger partial charge in [-0.25, -0.2) is 4.90 Å². The molecule has 0 amide bonds. The fraction of sp³-hybridized carbons (Fsp3) is 0.500. The zero-order valence-corrected chi connectivity index (χ0v) is 13.7. The third kappa shape index (κ3) is 2.70. The maximum atomic E-state index is 5.93. The van der Waals surface area contributed by atoms with Gasteiger partial charge in [0.25, 0.3) is 0 Å². The van der Waals surface area contributed by atoms with Gasteiger partial charge in [-0.1, -0.05) is 31.0 Å². The Labute approximate surface area is 141 Å². The van der Waals surface area contributed by atoms with Crippen LogP contribution in [0.15, 0.2) is 30.0 Å². The van der Waals surface area contributed by atoms with Crippen LogP contribution in [0.4, 0.5) is 0 Å². The first-order valence-corrected chi connectivity index (χ1v) is 8.62. The van der Waals surface area contributed by atoms with Gasteiger partial charge in [-0.3, -0.25) is 0 Å². The average molecular weight is 356 g/mol. The second-order valence-corrected chi connectivity index (χ2v) is 7.05. The zero-order valence-electron chi connectivity index (χ0n) is 11.4. The van der Waals surface area contributed by atoms with Gasteiger partial charge in [0.1, 0.15) is 0 Å². The van der Waals surface area contributed by atoms with Crippen molar-refractivity contribution < 1.29 is 0 Å². The van der Waals surface area contributed by atoms with Crippen LogP contribution in [0.3, 0.4) is 0 Å². The second-order valence-electron chi connectivity index (χ2n) is 5.10. The number of halogens is 2. The van der Waals surface area contributed by atoms with Gasteiger partial charge >= 0.3 is 0 Å². The molecule has 0 radical (unpaired) electrons. The van der Waals surface area contributed by atoms with Crippen molar-refractivity contribution in [1.29, 1.82) is 0 Å². The standard InChI is InChI=1S/C12H11Cl2N7S/c13-7-15-9-16-8(14)18-11-20-12(19-10(17-7)21(9)11)22-6-4-2-1-3-5-6/h6H,1-5H2. The quantitative estimate of drug-likeness (QED) is 0.677. The van der Waals surface area contributed by atoms with Gasteiger partial charge in [0.05, 0.1) is 0 Å². The van der Waals surface area contributed by atoms with Crippen molar-refractivity contribution in [2.45, 2.75) is 37.4 Å². The Morgan fingerprint density at radius 1 is 0.773 bits per heavy atom. The normalized spacial score (nSPS) is 24.5. The van der Waals surface area contributed by atoms with Crippen LogP contribution in [-0.4, -0.2) is 43.8 Å². The smallest absolute Gasteiger partial charge is 0.213 e. The maximum Gasteiger partial charge on any atom is 0.245 e. The van der Waals surface area contributed by atoms with Crippen molar-refractivity contribution >= 4 is 68.6 Å². The lowest BCUT2D eigenvalue weighted by molar-refractivity contribution is 0.517. The van der Waals surface area contributed by atoms with E-state index in [0.29, 0.717) is 28.3 Å². The highest BCUT2D eigenvalue weighted by Crippen LogP contribution is 2.31. The van der Waals surface area contributed by atoms with E-state index in [1.807, 2.05) is 0 Å². The van der Waals surface area contributed by atoms with E-state index in [2.05, 4.69) is 30.0 Å². The van der Waals surface area contributed by atoms with Crippen LogP contribution in [0.2, 0.25) is 0 Å². The number of hydrogen-bond donors (Lipinski definition) is 0. The number of guanidine groups is 3. The molecule has 4 aliphatic rings. The Bertz CT molecular complexity index is 698. The van der Waals surface area contributed by atoms with Crippen molar-refractivity contribution in [2.24, 2.45) is 30.0 Å². The highest BCUT2D eigenvalue weighted by molar-refractivity contribution is 8.14. The van der Waals surface area contributed by atoms with Gasteiger partial charge in [-0.2, -0.15) is 30.0 Å². The summed E-state index contributed by atoms with van der Waals surface area (Å²) >= 11 is 13.5. The lowest BCUT2D eigenvalue weighted by Gasteiger charge is -2.29. The highest BCUT2D eigenvalue weighted by atomic mass is 35.5. The number of nitrogens with zero attached hydrogens (tertiary/aromatic N) is 7. The van der Waals surface area contributed by atoms with Crippen molar-refractivity contribution in [3.63, 3.8) is 0 Å². The molecule has 3 heterocycles. The molecular weight excluding hydrogens is 345 g/mol. The Hall–Kier alpha value is -1.25. The van der Waals surface area contributed by atoms with E-state index in [0.717, 1.165) is 0 Å². The molecule has 0 aromatic heterocycles. The van der Waals surface area contributed by atoms with Gasteiger partial charge in [-0.15, -0.1) is 0 Å². The van der Waals surface area contributed by atoms with Gasteiger partial charge in [0.15, 0.2) is 5.17 Å². The van der Waals surface area contributed by atoms with Crippen LogP contribution in [0.25, 0.3) is 0 Å². The van der Waals surface area contributed by atoms with E-state index in [-0.39, 0.29) is 10.6 Å². The van der Waals surface area contributed by atoms with Crippen LogP contribution in [-0.2, 0) is 0 Å². The summed E-state index contributed by atoms with van der Waals surface area (Å²) in [6, 6.07) is 0. The predicted octanol–water partition coefficient (Wildman–Crippen LogP) is 3.01. The molecule has 3 aliphatic heterocycles. The summed E-state index contributed by atoms with van der Waals surface area (Å²) in [6.45, 7) is 0. The van der Waals surface area contributed by atoms with E-state index in [4.69, 9.17) is 23.2 Å². The minimum Gasteiger partial charge on any atom is -0.213 e. The summed E-state index contributed by atoms with van der Waals surface area (Å²) in [7, 11) is 0. The van der Waals surface area contributed by atoms with Crippen molar-refractivity contribution in [3.05, 3.63) is 0 Å². The average Bonchev–Trinajstić information content (AvgIpc) is 2.46. The Balaban J connectivity index is 1.67. The fourth-order valence-corrected chi connectivity index (χ4v) is 4.04. The fourth-order valence-electron chi connectivity index (χ4n) is 2.60. The molecule has 1 aliphatic carbocycles. The van der Waals surface area contributed by atoms with Gasteiger partial charge in [-0.05, 0) is 36.0 Å². The van der Waals surface area contributed by atoms with Gasteiger partial charge < -0.3 is 0 Å². The minimum atomic E-state index is 0.0726. The molecule has 0 spiro atoms. The van der Waals surface area contributed by atoms with Crippen LogP contribution in [0.1, 0.15) is 32.1 Å². The van der Waals surface area contributed by atoms with Gasteiger partial charge in [0.2, 0.25) is 28.5 Å². The first kappa shape index (κ1) is 14.3. The molecule has 0 N–H and O–H groups in total. The first-order chi connectivity index (χ1) is 10.7. The molecule has 0 aromatic carbocycles. The number of amidine groups is 3. The summed E-state index contributed by atoms with van der Waals surface area (Å²) in [6.07, 6.45) is 6.19. The molecule has 0 aromatic rings.